The number of nitrogens with zero attached hydrogens (tertiary/aromatic N) is 2. The standard InChI is InChI=1S/C28H32N2O4/c1-3-25-15-23(17-29(25)27(31)33-19-21-11-7-5-8-12-21)24-16-26(4-2)30(18-24)28(32)34-20-22-13-9-6-10-14-22/h5-16,25-26H,3-4,17-20H2,1-2H3/t25-,26-/m1/s1. The molecular formula is C28H32N2O4. The van der Waals surface area contributed by atoms with E-state index in [9.17, 15) is 9.59 Å². The molecule has 0 aliphatic carbocycles. The Balaban J connectivity index is 1.36. The van der Waals surface area contributed by atoms with Crippen LogP contribution in [0, 0.1) is 0 Å². The molecule has 0 saturated carbocycles. The van der Waals surface area contributed by atoms with E-state index in [1.807, 2.05) is 60.7 Å². The summed E-state index contributed by atoms with van der Waals surface area (Å²) in [5, 5.41) is 0. The summed E-state index contributed by atoms with van der Waals surface area (Å²) in [5.74, 6) is 0. The lowest BCUT2D eigenvalue weighted by Crippen LogP contribution is -2.37. The Morgan fingerprint density at radius 1 is 0.706 bits per heavy atom. The fourth-order valence-electron chi connectivity index (χ4n) is 4.45. The van der Waals surface area contributed by atoms with Crippen LogP contribution in [0.1, 0.15) is 37.8 Å². The van der Waals surface area contributed by atoms with Crippen LogP contribution < -0.4 is 0 Å². The number of hydrogen-bond donors (Lipinski definition) is 0. The fourth-order valence-corrected chi connectivity index (χ4v) is 4.45. The Bertz CT molecular complexity index is 963. The molecule has 0 fully saturated rings. The van der Waals surface area contributed by atoms with E-state index in [4.69, 9.17) is 9.47 Å². The molecule has 0 saturated heterocycles. The van der Waals surface area contributed by atoms with Gasteiger partial charge >= 0.3 is 12.2 Å². The predicted octanol–water partition coefficient (Wildman–Crippen LogP) is 5.70. The first kappa shape index (κ1) is 23.6. The van der Waals surface area contributed by atoms with E-state index in [0.29, 0.717) is 13.1 Å². The Labute approximate surface area is 201 Å². The molecule has 2 amide bonds. The van der Waals surface area contributed by atoms with E-state index in [2.05, 4.69) is 26.0 Å². The lowest BCUT2D eigenvalue weighted by molar-refractivity contribution is 0.0923. The van der Waals surface area contributed by atoms with Crippen LogP contribution >= 0.6 is 0 Å². The van der Waals surface area contributed by atoms with Crippen molar-refractivity contribution in [2.24, 2.45) is 0 Å². The van der Waals surface area contributed by atoms with Gasteiger partial charge in [0.15, 0.2) is 0 Å². The fraction of sp³-hybridized carbons (Fsp3) is 0.357. The maximum atomic E-state index is 12.8. The molecule has 6 nitrogen and oxygen atoms in total. The molecular weight excluding hydrogens is 428 g/mol. The maximum absolute atomic E-state index is 12.8. The van der Waals surface area contributed by atoms with Crippen LogP contribution in [0.5, 0.6) is 0 Å². The molecule has 2 heterocycles. The average molecular weight is 461 g/mol. The van der Waals surface area contributed by atoms with Crippen molar-refractivity contribution in [1.29, 1.82) is 0 Å². The molecule has 0 spiro atoms. The normalized spacial score (nSPS) is 19.6. The van der Waals surface area contributed by atoms with Crippen LogP contribution in [-0.4, -0.2) is 47.2 Å². The van der Waals surface area contributed by atoms with Gasteiger partial charge in [0.2, 0.25) is 0 Å². The van der Waals surface area contributed by atoms with Gasteiger partial charge in [-0.1, -0.05) is 86.7 Å². The molecule has 2 aromatic carbocycles. The minimum atomic E-state index is -0.313. The van der Waals surface area contributed by atoms with Crippen LogP contribution in [0.25, 0.3) is 0 Å². The molecule has 0 N–H and O–H groups in total. The molecule has 2 atom stereocenters. The molecule has 2 aliphatic rings. The van der Waals surface area contributed by atoms with Crippen LogP contribution in [0.4, 0.5) is 9.59 Å². The van der Waals surface area contributed by atoms with Crippen molar-refractivity contribution < 1.29 is 19.1 Å². The van der Waals surface area contributed by atoms with Gasteiger partial charge in [0, 0.05) is 13.1 Å². The number of hydrogen-bond acceptors (Lipinski definition) is 4. The van der Waals surface area contributed by atoms with Gasteiger partial charge < -0.3 is 9.47 Å². The zero-order valence-corrected chi connectivity index (χ0v) is 19.9. The third-order valence-electron chi connectivity index (χ3n) is 6.40. The van der Waals surface area contributed by atoms with Gasteiger partial charge in [-0.25, -0.2) is 9.59 Å². The lowest BCUT2D eigenvalue weighted by Gasteiger charge is -2.24. The SMILES string of the molecule is CC[C@@H]1C=C(C2=C[C@@H](CC)N(C(=O)OCc3ccccc3)C2)CN1C(=O)OCc1ccccc1. The highest BCUT2D eigenvalue weighted by molar-refractivity contribution is 5.72. The van der Waals surface area contributed by atoms with Gasteiger partial charge in [0.05, 0.1) is 12.1 Å². The van der Waals surface area contributed by atoms with Gasteiger partial charge in [-0.15, -0.1) is 0 Å². The summed E-state index contributed by atoms with van der Waals surface area (Å²) < 4.78 is 11.2. The molecule has 0 bridgehead atoms. The van der Waals surface area contributed by atoms with E-state index in [-0.39, 0.29) is 37.5 Å². The van der Waals surface area contributed by atoms with Gasteiger partial charge in [0.1, 0.15) is 13.2 Å². The molecule has 6 heteroatoms. The predicted molar refractivity (Wildman–Crippen MR) is 131 cm³/mol. The molecule has 0 unspecified atom stereocenters. The Morgan fingerprint density at radius 3 is 1.44 bits per heavy atom. The van der Waals surface area contributed by atoms with E-state index in [1.54, 1.807) is 9.80 Å². The molecule has 178 valence electrons. The lowest BCUT2D eigenvalue weighted by atomic mass is 10.1. The third-order valence-corrected chi connectivity index (χ3v) is 6.40. The molecule has 34 heavy (non-hydrogen) atoms. The van der Waals surface area contributed by atoms with E-state index >= 15 is 0 Å². The number of ether oxygens (including phenoxy) is 2. The van der Waals surface area contributed by atoms with Gasteiger partial charge in [-0.3, -0.25) is 9.80 Å². The summed E-state index contributed by atoms with van der Waals surface area (Å²) in [4.78, 5) is 29.2. The minimum absolute atomic E-state index is 0.0154. The van der Waals surface area contributed by atoms with Crippen LogP contribution in [0.15, 0.2) is 84.0 Å². The highest BCUT2D eigenvalue weighted by atomic mass is 16.6. The summed E-state index contributed by atoms with van der Waals surface area (Å²) >= 11 is 0. The average Bonchev–Trinajstić information content (AvgIpc) is 3.51. The summed E-state index contributed by atoms with van der Waals surface area (Å²) in [7, 11) is 0. The molecule has 2 aliphatic heterocycles. The number of rotatable bonds is 7. The van der Waals surface area contributed by atoms with Crippen molar-refractivity contribution in [3.05, 3.63) is 95.1 Å². The first-order valence-electron chi connectivity index (χ1n) is 12.0. The number of amides is 2. The van der Waals surface area contributed by atoms with Crippen molar-refractivity contribution in [2.75, 3.05) is 13.1 Å². The Kier molecular flexibility index (Phi) is 7.68. The zero-order chi connectivity index (χ0) is 23.9. The van der Waals surface area contributed by atoms with Crippen LogP contribution in [0.3, 0.4) is 0 Å². The van der Waals surface area contributed by atoms with Crippen LogP contribution in [-0.2, 0) is 22.7 Å². The van der Waals surface area contributed by atoms with E-state index in [0.717, 1.165) is 35.1 Å². The number of carbonyl (C=O) groups is 2. The van der Waals surface area contributed by atoms with Crippen molar-refractivity contribution >= 4 is 12.2 Å². The van der Waals surface area contributed by atoms with Gasteiger partial charge in [-0.05, 0) is 35.1 Å². The highest BCUT2D eigenvalue weighted by Gasteiger charge is 2.35. The maximum Gasteiger partial charge on any atom is 0.410 e. The summed E-state index contributed by atoms with van der Waals surface area (Å²) in [6.45, 7) is 5.61. The Morgan fingerprint density at radius 2 is 1.09 bits per heavy atom. The van der Waals surface area contributed by atoms with E-state index in [1.165, 1.54) is 0 Å². The second-order valence-electron chi connectivity index (χ2n) is 8.67. The monoisotopic (exact) mass is 460 g/mol. The first-order valence-corrected chi connectivity index (χ1v) is 12.0. The smallest absolute Gasteiger partial charge is 0.410 e. The topological polar surface area (TPSA) is 59.1 Å². The largest absolute Gasteiger partial charge is 0.445 e. The quantitative estimate of drug-likeness (QED) is 0.532. The first-order chi connectivity index (χ1) is 16.6. The summed E-state index contributed by atoms with van der Waals surface area (Å²) in [6, 6.07) is 19.3. The van der Waals surface area contributed by atoms with Crippen molar-refractivity contribution in [1.82, 2.24) is 9.80 Å². The molecule has 2 aromatic rings. The zero-order valence-electron chi connectivity index (χ0n) is 19.9. The van der Waals surface area contributed by atoms with Crippen molar-refractivity contribution in [2.45, 2.75) is 52.0 Å². The van der Waals surface area contributed by atoms with Crippen molar-refractivity contribution in [3.8, 4) is 0 Å². The Hall–Kier alpha value is -3.54. The number of carbonyl (C=O) groups excluding carboxylic acids is 2. The van der Waals surface area contributed by atoms with Gasteiger partial charge in [0.25, 0.3) is 0 Å². The highest BCUT2D eigenvalue weighted by Crippen LogP contribution is 2.31. The molecule has 0 radical (unpaired) electrons. The van der Waals surface area contributed by atoms with Gasteiger partial charge in [-0.2, -0.15) is 0 Å². The van der Waals surface area contributed by atoms with Crippen LogP contribution in [0.2, 0.25) is 0 Å². The van der Waals surface area contributed by atoms with E-state index < -0.39 is 0 Å². The minimum Gasteiger partial charge on any atom is -0.445 e. The second-order valence-corrected chi connectivity index (χ2v) is 8.67. The summed E-state index contributed by atoms with van der Waals surface area (Å²) in [6.07, 6.45) is 5.26. The van der Waals surface area contributed by atoms with Crippen molar-refractivity contribution in [3.63, 3.8) is 0 Å². The summed E-state index contributed by atoms with van der Waals surface area (Å²) in [5.41, 5.74) is 4.09. The second kappa shape index (κ2) is 11.1. The molecule has 0 aromatic heterocycles. The third kappa shape index (κ3) is 5.50. The molecule has 4 rings (SSSR count). The number of benzene rings is 2.